The smallest absolute Gasteiger partial charge is 0.332 e. The van der Waals surface area contributed by atoms with E-state index in [4.69, 9.17) is 10.8 Å². The second-order valence-corrected chi connectivity index (χ2v) is 3.82. The number of hydroxylamine groups is 1. The highest BCUT2D eigenvalue weighted by Gasteiger charge is 2.18. The van der Waals surface area contributed by atoms with Crippen molar-refractivity contribution in [2.24, 2.45) is 5.73 Å². The van der Waals surface area contributed by atoms with Gasteiger partial charge in [-0.1, -0.05) is 0 Å². The van der Waals surface area contributed by atoms with E-state index in [9.17, 15) is 9.59 Å². The SMILES string of the molecule is NC1CCN(CC(=O)NOCC(=O)O)CC1. The molecule has 92 valence electrons. The van der Waals surface area contributed by atoms with Gasteiger partial charge in [-0.25, -0.2) is 10.3 Å². The Kier molecular flexibility index (Phi) is 5.17. The zero-order valence-electron chi connectivity index (χ0n) is 9.02. The molecule has 1 saturated heterocycles. The Bertz CT molecular complexity index is 251. The van der Waals surface area contributed by atoms with Gasteiger partial charge in [0.2, 0.25) is 0 Å². The minimum atomic E-state index is -1.12. The molecule has 0 atom stereocenters. The van der Waals surface area contributed by atoms with Gasteiger partial charge in [0.05, 0.1) is 6.54 Å². The lowest BCUT2D eigenvalue weighted by Gasteiger charge is -2.29. The molecule has 4 N–H and O–H groups in total. The summed E-state index contributed by atoms with van der Waals surface area (Å²) in [4.78, 5) is 27.8. The van der Waals surface area contributed by atoms with E-state index in [1.54, 1.807) is 0 Å². The fraction of sp³-hybridized carbons (Fsp3) is 0.778. The first-order chi connectivity index (χ1) is 7.58. The lowest BCUT2D eigenvalue weighted by atomic mass is 10.1. The van der Waals surface area contributed by atoms with E-state index in [-0.39, 0.29) is 18.5 Å². The van der Waals surface area contributed by atoms with Gasteiger partial charge in [0.25, 0.3) is 5.91 Å². The van der Waals surface area contributed by atoms with Crippen molar-refractivity contribution in [1.29, 1.82) is 0 Å². The molecule has 1 rings (SSSR count). The van der Waals surface area contributed by atoms with E-state index in [1.807, 2.05) is 4.90 Å². The number of hydrogen-bond acceptors (Lipinski definition) is 5. The maximum absolute atomic E-state index is 11.3. The zero-order chi connectivity index (χ0) is 12.0. The molecule has 1 fully saturated rings. The number of nitrogens with zero attached hydrogens (tertiary/aromatic N) is 1. The minimum Gasteiger partial charge on any atom is -0.479 e. The Morgan fingerprint density at radius 2 is 2.06 bits per heavy atom. The van der Waals surface area contributed by atoms with Crippen LogP contribution in [0.3, 0.4) is 0 Å². The molecule has 0 aromatic carbocycles. The fourth-order valence-electron chi connectivity index (χ4n) is 1.52. The summed E-state index contributed by atoms with van der Waals surface area (Å²) in [6, 6.07) is 0.225. The molecule has 0 aromatic rings. The molecule has 0 aliphatic carbocycles. The number of carboxylic acid groups (broad SMARTS) is 1. The largest absolute Gasteiger partial charge is 0.479 e. The summed E-state index contributed by atoms with van der Waals surface area (Å²) in [5, 5.41) is 8.28. The van der Waals surface area contributed by atoms with Crippen LogP contribution in [0, 0.1) is 0 Å². The summed E-state index contributed by atoms with van der Waals surface area (Å²) in [6.45, 7) is 1.25. The van der Waals surface area contributed by atoms with Crippen molar-refractivity contribution < 1.29 is 19.5 Å². The normalized spacial score (nSPS) is 18.3. The van der Waals surface area contributed by atoms with Gasteiger partial charge in [0.15, 0.2) is 6.61 Å². The number of nitrogens with two attached hydrogens (primary N) is 1. The van der Waals surface area contributed by atoms with E-state index in [1.165, 1.54) is 0 Å². The maximum Gasteiger partial charge on any atom is 0.332 e. The number of amides is 1. The number of aliphatic carboxylic acids is 1. The Morgan fingerprint density at radius 1 is 1.44 bits per heavy atom. The van der Waals surface area contributed by atoms with Crippen molar-refractivity contribution in [2.45, 2.75) is 18.9 Å². The third-order valence-electron chi connectivity index (χ3n) is 2.38. The van der Waals surface area contributed by atoms with Gasteiger partial charge in [0, 0.05) is 19.1 Å². The number of carbonyl (C=O) groups is 2. The topological polar surface area (TPSA) is 105 Å². The quantitative estimate of drug-likeness (QED) is 0.499. The average molecular weight is 231 g/mol. The van der Waals surface area contributed by atoms with Crippen molar-refractivity contribution in [2.75, 3.05) is 26.2 Å². The van der Waals surface area contributed by atoms with Crippen molar-refractivity contribution >= 4 is 11.9 Å². The number of hydrogen-bond donors (Lipinski definition) is 3. The average Bonchev–Trinajstić information content (AvgIpc) is 2.21. The first kappa shape index (κ1) is 12.9. The van der Waals surface area contributed by atoms with Gasteiger partial charge < -0.3 is 10.8 Å². The molecule has 1 aliphatic rings. The highest BCUT2D eigenvalue weighted by Crippen LogP contribution is 2.06. The number of piperidine rings is 1. The first-order valence-electron chi connectivity index (χ1n) is 5.18. The number of carbonyl (C=O) groups excluding carboxylic acids is 1. The van der Waals surface area contributed by atoms with E-state index >= 15 is 0 Å². The molecule has 0 unspecified atom stereocenters. The Morgan fingerprint density at radius 3 is 2.62 bits per heavy atom. The zero-order valence-corrected chi connectivity index (χ0v) is 9.02. The maximum atomic E-state index is 11.3. The van der Waals surface area contributed by atoms with Crippen LogP contribution in [0.15, 0.2) is 0 Å². The van der Waals surface area contributed by atoms with E-state index in [2.05, 4.69) is 10.3 Å². The van der Waals surface area contributed by atoms with Crippen molar-refractivity contribution in [3.63, 3.8) is 0 Å². The van der Waals surface area contributed by atoms with Crippen LogP contribution in [0.2, 0.25) is 0 Å². The van der Waals surface area contributed by atoms with Gasteiger partial charge in [-0.2, -0.15) is 0 Å². The summed E-state index contributed by atoms with van der Waals surface area (Å²) >= 11 is 0. The summed E-state index contributed by atoms with van der Waals surface area (Å²) in [7, 11) is 0. The third kappa shape index (κ3) is 5.06. The second-order valence-electron chi connectivity index (χ2n) is 3.82. The van der Waals surface area contributed by atoms with Crippen LogP contribution in [-0.4, -0.2) is 54.2 Å². The van der Waals surface area contributed by atoms with Crippen LogP contribution in [0.4, 0.5) is 0 Å². The Balaban J connectivity index is 2.11. The molecular formula is C9H17N3O4. The molecule has 1 heterocycles. The number of nitrogens with one attached hydrogen (secondary N) is 1. The molecule has 0 spiro atoms. The first-order valence-corrected chi connectivity index (χ1v) is 5.18. The Labute approximate surface area is 93.5 Å². The predicted octanol–water partition coefficient (Wildman–Crippen LogP) is -1.46. The third-order valence-corrected chi connectivity index (χ3v) is 2.38. The van der Waals surface area contributed by atoms with Crippen LogP contribution in [0.5, 0.6) is 0 Å². The lowest BCUT2D eigenvalue weighted by molar-refractivity contribution is -0.149. The van der Waals surface area contributed by atoms with Crippen molar-refractivity contribution in [1.82, 2.24) is 10.4 Å². The molecule has 0 aromatic heterocycles. The molecular weight excluding hydrogens is 214 g/mol. The Hall–Kier alpha value is -1.18. The molecule has 0 radical (unpaired) electrons. The molecule has 1 aliphatic heterocycles. The van der Waals surface area contributed by atoms with E-state index in [0.29, 0.717) is 0 Å². The van der Waals surface area contributed by atoms with Crippen LogP contribution in [-0.2, 0) is 14.4 Å². The van der Waals surface area contributed by atoms with E-state index < -0.39 is 12.6 Å². The van der Waals surface area contributed by atoms with Gasteiger partial charge in [-0.3, -0.25) is 14.5 Å². The van der Waals surface area contributed by atoms with Gasteiger partial charge in [0.1, 0.15) is 0 Å². The summed E-state index contributed by atoms with van der Waals surface area (Å²) in [5.41, 5.74) is 7.80. The molecule has 0 bridgehead atoms. The van der Waals surface area contributed by atoms with Crippen molar-refractivity contribution in [3.8, 4) is 0 Å². The number of rotatable bonds is 5. The van der Waals surface area contributed by atoms with Crippen LogP contribution in [0.1, 0.15) is 12.8 Å². The number of likely N-dealkylation sites (tertiary alicyclic amines) is 1. The van der Waals surface area contributed by atoms with E-state index in [0.717, 1.165) is 25.9 Å². The van der Waals surface area contributed by atoms with Gasteiger partial charge in [-0.05, 0) is 12.8 Å². The monoisotopic (exact) mass is 231 g/mol. The summed E-state index contributed by atoms with van der Waals surface area (Å²) in [6.07, 6.45) is 1.76. The molecule has 1 amide bonds. The van der Waals surface area contributed by atoms with Crippen LogP contribution in [0.25, 0.3) is 0 Å². The molecule has 0 saturated carbocycles. The lowest BCUT2D eigenvalue weighted by Crippen LogP contribution is -2.44. The van der Waals surface area contributed by atoms with Gasteiger partial charge in [-0.15, -0.1) is 0 Å². The van der Waals surface area contributed by atoms with Gasteiger partial charge >= 0.3 is 5.97 Å². The fourth-order valence-corrected chi connectivity index (χ4v) is 1.52. The van der Waals surface area contributed by atoms with Crippen LogP contribution >= 0.6 is 0 Å². The summed E-state index contributed by atoms with van der Waals surface area (Å²) in [5.74, 6) is -1.46. The predicted molar refractivity (Wildman–Crippen MR) is 55.4 cm³/mol. The highest BCUT2D eigenvalue weighted by atomic mass is 16.7. The molecule has 7 nitrogen and oxygen atoms in total. The number of carboxylic acids is 1. The van der Waals surface area contributed by atoms with Crippen molar-refractivity contribution in [3.05, 3.63) is 0 Å². The highest BCUT2D eigenvalue weighted by molar-refractivity contribution is 5.77. The summed E-state index contributed by atoms with van der Waals surface area (Å²) < 4.78 is 0. The standard InChI is InChI=1S/C9H17N3O4/c10-7-1-3-12(4-2-7)5-8(13)11-16-6-9(14)15/h7H,1-6,10H2,(H,11,13)(H,14,15). The molecule has 7 heteroatoms. The van der Waals surface area contributed by atoms with Crippen LogP contribution < -0.4 is 11.2 Å². The minimum absolute atomic E-state index is 0.215. The molecule has 16 heavy (non-hydrogen) atoms. The second kappa shape index (κ2) is 6.41.